The first-order valence-electron chi connectivity index (χ1n) is 13.3. The Morgan fingerprint density at radius 1 is 0.947 bits per heavy atom. The predicted octanol–water partition coefficient (Wildman–Crippen LogP) is -2.90. The van der Waals surface area contributed by atoms with E-state index in [9.17, 15) is 14.4 Å². The maximum absolute atomic E-state index is 13.6. The molecule has 0 aliphatic carbocycles. The highest BCUT2D eigenvalue weighted by molar-refractivity contribution is 6.65. The van der Waals surface area contributed by atoms with Gasteiger partial charge in [-0.3, -0.25) is 19.3 Å². The standard InChI is InChI=1S/C25H32B5N3O5/c26-24(27)20(22(35)33(30)23(36)25(24,28)29)32-13-18-17(21(32)34)2-1-3-19(18)38-14-16-6-4-15(5-7-16)12-31-8-10-37-11-9-31/h1-7,20H,8-14,26-30H2. The van der Waals surface area contributed by atoms with Gasteiger partial charge in [0.05, 0.1) is 19.8 Å². The van der Waals surface area contributed by atoms with Crippen LogP contribution in [0.2, 0.25) is 10.4 Å². The van der Waals surface area contributed by atoms with Crippen LogP contribution in [-0.2, 0) is 34.0 Å². The number of hydrogen-bond donors (Lipinski definition) is 0. The molecule has 0 bridgehead atoms. The van der Waals surface area contributed by atoms with Gasteiger partial charge in [0, 0.05) is 30.8 Å². The second-order valence-electron chi connectivity index (χ2n) is 11.7. The minimum Gasteiger partial charge on any atom is -0.489 e. The van der Waals surface area contributed by atoms with Crippen LogP contribution in [0.5, 0.6) is 5.75 Å². The molecule has 2 aromatic carbocycles. The summed E-state index contributed by atoms with van der Waals surface area (Å²) in [5, 5.41) is -1.57. The molecular weight excluding hydrogens is 476 g/mol. The van der Waals surface area contributed by atoms with E-state index in [0.717, 1.165) is 44.0 Å². The van der Waals surface area contributed by atoms with Crippen molar-refractivity contribution in [3.63, 3.8) is 0 Å². The van der Waals surface area contributed by atoms with Crippen molar-refractivity contribution < 1.29 is 23.9 Å². The van der Waals surface area contributed by atoms with Gasteiger partial charge in [0.25, 0.3) is 5.91 Å². The van der Waals surface area contributed by atoms with Crippen LogP contribution in [0.4, 0.5) is 0 Å². The average molecular weight is 509 g/mol. The molecule has 0 aromatic heterocycles. The lowest BCUT2D eigenvalue weighted by molar-refractivity contribution is -0.147. The normalized spacial score (nSPS) is 22.9. The summed E-state index contributed by atoms with van der Waals surface area (Å²) in [7, 11) is 9.00. The molecule has 3 aliphatic heterocycles. The summed E-state index contributed by atoms with van der Waals surface area (Å²) in [6, 6.07) is 13.1. The zero-order valence-electron chi connectivity index (χ0n) is 23.0. The average Bonchev–Trinajstić information content (AvgIpc) is 3.23. The van der Waals surface area contributed by atoms with Crippen molar-refractivity contribution >= 4 is 57.1 Å². The molecule has 192 valence electrons. The van der Waals surface area contributed by atoms with Gasteiger partial charge in [-0.05, 0) is 28.5 Å². The van der Waals surface area contributed by atoms with Crippen LogP contribution < -0.4 is 4.74 Å². The highest BCUT2D eigenvalue weighted by Crippen LogP contribution is 2.52. The zero-order chi connectivity index (χ0) is 27.2. The molecule has 3 heterocycles. The van der Waals surface area contributed by atoms with Crippen molar-refractivity contribution in [3.05, 3.63) is 64.7 Å². The van der Waals surface area contributed by atoms with Gasteiger partial charge in [-0.15, -0.1) is 0 Å². The van der Waals surface area contributed by atoms with Crippen molar-refractivity contribution in [2.45, 2.75) is 36.2 Å². The van der Waals surface area contributed by atoms with E-state index in [2.05, 4.69) is 29.2 Å². The second kappa shape index (κ2) is 10.0. The molecule has 0 radical (unpaired) electrons. The van der Waals surface area contributed by atoms with E-state index >= 15 is 0 Å². The number of benzene rings is 2. The van der Waals surface area contributed by atoms with Gasteiger partial charge in [0.2, 0.25) is 19.8 Å². The fourth-order valence-electron chi connectivity index (χ4n) is 5.74. The number of piperidine rings is 1. The van der Waals surface area contributed by atoms with Crippen molar-refractivity contribution in [3.8, 4) is 5.75 Å². The third-order valence-electron chi connectivity index (χ3n) is 8.89. The van der Waals surface area contributed by atoms with Crippen LogP contribution in [0.3, 0.4) is 0 Å². The quantitative estimate of drug-likeness (QED) is 0.308. The van der Waals surface area contributed by atoms with Gasteiger partial charge in [0.15, 0.2) is 0 Å². The Hall–Kier alpha value is -2.91. The van der Waals surface area contributed by atoms with Gasteiger partial charge >= 0.3 is 0 Å². The first kappa shape index (κ1) is 26.7. The van der Waals surface area contributed by atoms with Crippen LogP contribution in [0, 0.1) is 0 Å². The number of amides is 3. The highest BCUT2D eigenvalue weighted by atomic mass is 16.5. The van der Waals surface area contributed by atoms with Crippen molar-refractivity contribution in [2.24, 2.45) is 0 Å². The summed E-state index contributed by atoms with van der Waals surface area (Å²) < 4.78 is 11.6. The molecule has 0 saturated carbocycles. The molecule has 0 spiro atoms. The molecule has 3 amide bonds. The molecule has 2 saturated heterocycles. The Morgan fingerprint density at radius 2 is 1.61 bits per heavy atom. The Kier molecular flexibility index (Phi) is 7.03. The SMILES string of the molecule is BN1C(=O)C(N2Cc3c(OCc4ccc(CN5CCOCC5)cc4)cccc3C2=O)C(B)(B)C(B)(B)C1=O. The maximum Gasteiger partial charge on any atom is 0.255 e. The largest absolute Gasteiger partial charge is 0.489 e. The minimum absolute atomic E-state index is 0.206. The number of rotatable bonds is 6. The number of carbonyl (C=O) groups is 3. The molecule has 38 heavy (non-hydrogen) atoms. The van der Waals surface area contributed by atoms with Crippen molar-refractivity contribution in [2.75, 3.05) is 26.3 Å². The van der Waals surface area contributed by atoms with Crippen LogP contribution in [-0.4, -0.2) is 104 Å². The Morgan fingerprint density at radius 3 is 2.29 bits per heavy atom. The summed E-state index contributed by atoms with van der Waals surface area (Å²) in [5.74, 6) is -0.142. The monoisotopic (exact) mass is 509 g/mol. The molecule has 13 heteroatoms. The van der Waals surface area contributed by atoms with Crippen LogP contribution in [0.15, 0.2) is 42.5 Å². The fraction of sp³-hybridized carbons (Fsp3) is 0.400. The van der Waals surface area contributed by atoms with E-state index < -0.39 is 16.5 Å². The lowest BCUT2D eigenvalue weighted by Gasteiger charge is -2.54. The van der Waals surface area contributed by atoms with Gasteiger partial charge in [-0.2, -0.15) is 0 Å². The molecule has 2 fully saturated rings. The number of fused-ring (bicyclic) bond motifs is 1. The molecule has 1 atom stereocenters. The number of nitrogens with zero attached hydrogens (tertiary/aromatic N) is 3. The van der Waals surface area contributed by atoms with E-state index in [4.69, 9.17) is 9.47 Å². The Bertz CT molecular complexity index is 1270. The molecule has 3 aliphatic rings. The molecule has 2 aromatic rings. The highest BCUT2D eigenvalue weighted by Gasteiger charge is 2.59. The number of hydrogen-bond acceptors (Lipinski definition) is 6. The van der Waals surface area contributed by atoms with E-state index in [1.807, 2.05) is 43.5 Å². The molecule has 1 unspecified atom stereocenters. The van der Waals surface area contributed by atoms with Gasteiger partial charge in [-0.1, -0.05) is 35.5 Å². The zero-order valence-corrected chi connectivity index (χ0v) is 23.0. The van der Waals surface area contributed by atoms with E-state index in [-0.39, 0.29) is 24.3 Å². The summed E-state index contributed by atoms with van der Waals surface area (Å²) >= 11 is 0. The minimum atomic E-state index is -0.817. The first-order valence-corrected chi connectivity index (χ1v) is 13.3. The van der Waals surface area contributed by atoms with Gasteiger partial charge in [0.1, 0.15) is 49.8 Å². The molecule has 8 nitrogen and oxygen atoms in total. The number of imide groups is 1. The van der Waals surface area contributed by atoms with Crippen LogP contribution >= 0.6 is 0 Å². The second-order valence-corrected chi connectivity index (χ2v) is 11.7. The number of morpholine rings is 1. The van der Waals surface area contributed by atoms with Gasteiger partial charge in [-0.25, -0.2) is 0 Å². The molecular formula is C25H32B5N3O5. The topological polar surface area (TPSA) is 79.4 Å². The van der Waals surface area contributed by atoms with Crippen LogP contribution in [0.25, 0.3) is 0 Å². The smallest absolute Gasteiger partial charge is 0.255 e. The maximum atomic E-state index is 13.6. The molecule has 0 N–H and O–H groups in total. The van der Waals surface area contributed by atoms with Crippen LogP contribution in [0.1, 0.15) is 27.0 Å². The third kappa shape index (κ3) is 4.49. The van der Waals surface area contributed by atoms with Gasteiger partial charge < -0.3 is 19.2 Å². The molecule has 5 rings (SSSR count). The summed E-state index contributed by atoms with van der Waals surface area (Å²) in [6.45, 7) is 5.02. The van der Waals surface area contributed by atoms with Crippen molar-refractivity contribution in [1.82, 2.24) is 14.6 Å². The summed E-state index contributed by atoms with van der Waals surface area (Å²) in [6.07, 6.45) is 0. The Balaban J connectivity index is 1.31. The lowest BCUT2D eigenvalue weighted by atomic mass is 9.26. The van der Waals surface area contributed by atoms with E-state index in [1.54, 1.807) is 11.0 Å². The van der Waals surface area contributed by atoms with E-state index in [0.29, 0.717) is 17.9 Å². The predicted molar refractivity (Wildman–Crippen MR) is 157 cm³/mol. The summed E-state index contributed by atoms with van der Waals surface area (Å²) in [5.41, 5.74) is 3.62. The lowest BCUT2D eigenvalue weighted by Crippen LogP contribution is -2.67. The summed E-state index contributed by atoms with van der Waals surface area (Å²) in [4.78, 5) is 45.0. The Labute approximate surface area is 228 Å². The number of carbonyl (C=O) groups excluding carboxylic acids is 3. The first-order chi connectivity index (χ1) is 18.0. The number of ether oxygens (including phenoxy) is 2. The fourth-order valence-corrected chi connectivity index (χ4v) is 5.74. The third-order valence-corrected chi connectivity index (χ3v) is 8.89. The van der Waals surface area contributed by atoms with E-state index in [1.165, 1.54) is 18.4 Å². The van der Waals surface area contributed by atoms with Crippen molar-refractivity contribution in [1.29, 1.82) is 0 Å².